The van der Waals surface area contributed by atoms with Crippen molar-refractivity contribution in [1.82, 2.24) is 10.2 Å². The SMILES string of the molecule is CC[C@H](C)[C@H](NC(=O)[C@@H](N)CCCN=C(N)N)C(=O)N1CCCC1C#N. The third kappa shape index (κ3) is 6.19. The van der Waals surface area contributed by atoms with Gasteiger partial charge in [-0.2, -0.15) is 5.26 Å². The summed E-state index contributed by atoms with van der Waals surface area (Å²) >= 11 is 0. The number of carbonyl (C=O) groups excluding carboxylic acids is 2. The van der Waals surface area contributed by atoms with Gasteiger partial charge in [0.15, 0.2) is 5.96 Å². The Hall–Kier alpha value is -2.34. The van der Waals surface area contributed by atoms with Crippen LogP contribution in [0.5, 0.6) is 0 Å². The number of aliphatic imine (C=N–C) groups is 1. The zero-order valence-electron chi connectivity index (χ0n) is 15.6. The molecule has 0 aromatic rings. The van der Waals surface area contributed by atoms with Crippen molar-refractivity contribution in [3.63, 3.8) is 0 Å². The summed E-state index contributed by atoms with van der Waals surface area (Å²) in [7, 11) is 0. The van der Waals surface area contributed by atoms with Crippen LogP contribution in [0.1, 0.15) is 46.0 Å². The van der Waals surface area contributed by atoms with Crippen LogP contribution in [0.4, 0.5) is 0 Å². The third-order valence-corrected chi connectivity index (χ3v) is 4.77. The standard InChI is InChI=1S/C17H31N7O2/c1-3-11(2)14(16(26)24-9-5-6-12(24)10-18)23-15(25)13(19)7-4-8-22-17(20)21/h11-14H,3-9,19H2,1-2H3,(H,23,25)(H4,20,21,22)/t11-,12?,13-,14-/m0/s1. The normalized spacial score (nSPS) is 19.9. The number of hydrogen-bond donors (Lipinski definition) is 4. The lowest BCUT2D eigenvalue weighted by atomic mass is 9.96. The van der Waals surface area contributed by atoms with E-state index >= 15 is 0 Å². The van der Waals surface area contributed by atoms with Gasteiger partial charge in [-0.15, -0.1) is 0 Å². The molecule has 0 bridgehead atoms. The van der Waals surface area contributed by atoms with Gasteiger partial charge in [0.2, 0.25) is 11.8 Å². The average molecular weight is 365 g/mol. The second-order valence-electron chi connectivity index (χ2n) is 6.75. The van der Waals surface area contributed by atoms with Crippen molar-refractivity contribution < 1.29 is 9.59 Å². The number of nitrogens with one attached hydrogen (secondary N) is 1. The molecule has 0 aromatic carbocycles. The van der Waals surface area contributed by atoms with Crippen molar-refractivity contribution in [1.29, 1.82) is 5.26 Å². The minimum atomic E-state index is -0.742. The van der Waals surface area contributed by atoms with E-state index in [1.54, 1.807) is 4.90 Å². The molecule has 9 heteroatoms. The third-order valence-electron chi connectivity index (χ3n) is 4.77. The summed E-state index contributed by atoms with van der Waals surface area (Å²) in [6.45, 7) is 4.81. The molecule has 4 atom stereocenters. The molecule has 1 aliphatic rings. The van der Waals surface area contributed by atoms with Gasteiger partial charge in [0.05, 0.1) is 12.1 Å². The Balaban J connectivity index is 2.69. The molecule has 1 heterocycles. The predicted molar refractivity (Wildman–Crippen MR) is 99.6 cm³/mol. The Morgan fingerprint density at radius 3 is 2.69 bits per heavy atom. The van der Waals surface area contributed by atoms with Gasteiger partial charge >= 0.3 is 0 Å². The first-order chi connectivity index (χ1) is 12.3. The molecule has 1 saturated heterocycles. The molecule has 0 saturated carbocycles. The van der Waals surface area contributed by atoms with Crippen molar-refractivity contribution in [2.24, 2.45) is 28.1 Å². The quantitative estimate of drug-likeness (QED) is 0.242. The lowest BCUT2D eigenvalue weighted by Crippen LogP contribution is -2.55. The Kier molecular flexibility index (Phi) is 8.85. The topological polar surface area (TPSA) is 164 Å². The van der Waals surface area contributed by atoms with E-state index in [1.807, 2.05) is 13.8 Å². The second kappa shape index (κ2) is 10.6. The zero-order valence-corrected chi connectivity index (χ0v) is 15.6. The molecular weight excluding hydrogens is 334 g/mol. The van der Waals surface area contributed by atoms with Crippen LogP contribution in [-0.2, 0) is 9.59 Å². The smallest absolute Gasteiger partial charge is 0.246 e. The van der Waals surface area contributed by atoms with E-state index in [4.69, 9.17) is 17.2 Å². The highest BCUT2D eigenvalue weighted by atomic mass is 16.2. The minimum absolute atomic E-state index is 0.00288. The van der Waals surface area contributed by atoms with Crippen molar-refractivity contribution in [3.05, 3.63) is 0 Å². The maximum absolute atomic E-state index is 12.9. The first-order valence-electron chi connectivity index (χ1n) is 9.13. The van der Waals surface area contributed by atoms with Gasteiger partial charge in [0, 0.05) is 13.1 Å². The number of hydrogen-bond acceptors (Lipinski definition) is 5. The Morgan fingerprint density at radius 1 is 1.42 bits per heavy atom. The largest absolute Gasteiger partial charge is 0.370 e. The molecular formula is C17H31N7O2. The molecule has 1 rings (SSSR count). The maximum Gasteiger partial charge on any atom is 0.246 e. The summed E-state index contributed by atoms with van der Waals surface area (Å²) < 4.78 is 0. The average Bonchev–Trinajstić information content (AvgIpc) is 3.10. The van der Waals surface area contributed by atoms with Crippen LogP contribution < -0.4 is 22.5 Å². The van der Waals surface area contributed by atoms with Gasteiger partial charge in [-0.05, 0) is 31.6 Å². The van der Waals surface area contributed by atoms with E-state index in [9.17, 15) is 14.9 Å². The highest BCUT2D eigenvalue weighted by Crippen LogP contribution is 2.20. The molecule has 0 aromatic heterocycles. The molecule has 1 aliphatic heterocycles. The molecule has 0 aliphatic carbocycles. The molecule has 0 spiro atoms. The monoisotopic (exact) mass is 365 g/mol. The molecule has 1 unspecified atom stereocenters. The number of carbonyl (C=O) groups is 2. The molecule has 26 heavy (non-hydrogen) atoms. The van der Waals surface area contributed by atoms with E-state index in [1.165, 1.54) is 0 Å². The van der Waals surface area contributed by atoms with Gasteiger partial charge in [-0.3, -0.25) is 14.6 Å². The van der Waals surface area contributed by atoms with E-state index in [0.29, 0.717) is 32.4 Å². The lowest BCUT2D eigenvalue weighted by molar-refractivity contribution is -0.138. The molecule has 7 N–H and O–H groups in total. The number of amides is 2. The van der Waals surface area contributed by atoms with Crippen LogP contribution in [0.2, 0.25) is 0 Å². The van der Waals surface area contributed by atoms with E-state index in [0.717, 1.165) is 12.8 Å². The highest BCUT2D eigenvalue weighted by molar-refractivity contribution is 5.90. The van der Waals surface area contributed by atoms with E-state index in [-0.39, 0.29) is 23.7 Å². The Bertz CT molecular complexity index is 554. The summed E-state index contributed by atoms with van der Waals surface area (Å²) in [6.07, 6.45) is 3.18. The summed E-state index contributed by atoms with van der Waals surface area (Å²) in [5.41, 5.74) is 16.4. The summed E-state index contributed by atoms with van der Waals surface area (Å²) in [6, 6.07) is 0.326. The van der Waals surface area contributed by atoms with Gasteiger partial charge in [-0.1, -0.05) is 20.3 Å². The van der Waals surface area contributed by atoms with Crippen molar-refractivity contribution in [2.75, 3.05) is 13.1 Å². The Morgan fingerprint density at radius 2 is 2.12 bits per heavy atom. The second-order valence-corrected chi connectivity index (χ2v) is 6.75. The highest BCUT2D eigenvalue weighted by Gasteiger charge is 2.36. The van der Waals surface area contributed by atoms with Crippen LogP contribution in [0, 0.1) is 17.2 Å². The van der Waals surface area contributed by atoms with Gasteiger partial charge in [0.25, 0.3) is 0 Å². The van der Waals surface area contributed by atoms with Gasteiger partial charge in [0.1, 0.15) is 12.1 Å². The number of nitrogens with zero attached hydrogens (tertiary/aromatic N) is 3. The predicted octanol–water partition coefficient (Wildman–Crippen LogP) is -0.587. The first-order valence-corrected chi connectivity index (χ1v) is 9.13. The van der Waals surface area contributed by atoms with Crippen LogP contribution in [0.15, 0.2) is 4.99 Å². The van der Waals surface area contributed by atoms with Crippen molar-refractivity contribution in [3.8, 4) is 6.07 Å². The Labute approximate surface area is 155 Å². The number of rotatable bonds is 9. The van der Waals surface area contributed by atoms with Crippen molar-refractivity contribution in [2.45, 2.75) is 64.1 Å². The number of nitriles is 1. The summed E-state index contributed by atoms with van der Waals surface area (Å²) in [5, 5.41) is 12.0. The van der Waals surface area contributed by atoms with Crippen LogP contribution in [-0.4, -0.2) is 53.9 Å². The van der Waals surface area contributed by atoms with E-state index < -0.39 is 18.1 Å². The number of nitrogens with two attached hydrogens (primary N) is 3. The lowest BCUT2D eigenvalue weighted by Gasteiger charge is -2.30. The molecule has 2 amide bonds. The first kappa shape index (κ1) is 21.7. The van der Waals surface area contributed by atoms with Crippen LogP contribution >= 0.6 is 0 Å². The maximum atomic E-state index is 12.9. The molecule has 9 nitrogen and oxygen atoms in total. The molecule has 1 fully saturated rings. The number of likely N-dealkylation sites (tertiary alicyclic amines) is 1. The summed E-state index contributed by atoms with van der Waals surface area (Å²) in [4.78, 5) is 30.7. The molecule has 146 valence electrons. The minimum Gasteiger partial charge on any atom is -0.370 e. The van der Waals surface area contributed by atoms with Gasteiger partial charge < -0.3 is 27.4 Å². The summed E-state index contributed by atoms with van der Waals surface area (Å²) in [5.74, 6) is -0.631. The van der Waals surface area contributed by atoms with Crippen molar-refractivity contribution >= 4 is 17.8 Å². The fraction of sp³-hybridized carbons (Fsp3) is 0.765. The fourth-order valence-corrected chi connectivity index (χ4v) is 2.94. The van der Waals surface area contributed by atoms with Gasteiger partial charge in [-0.25, -0.2) is 0 Å². The molecule has 0 radical (unpaired) electrons. The fourth-order valence-electron chi connectivity index (χ4n) is 2.94. The van der Waals surface area contributed by atoms with E-state index in [2.05, 4.69) is 16.4 Å². The zero-order chi connectivity index (χ0) is 19.7. The van der Waals surface area contributed by atoms with Crippen LogP contribution in [0.25, 0.3) is 0 Å². The number of guanidine groups is 1. The van der Waals surface area contributed by atoms with Crippen LogP contribution in [0.3, 0.4) is 0 Å².